The number of pyridine rings is 2. The number of nitrogens with zero attached hydrogens (tertiary/aromatic N) is 2. The number of rotatable bonds is 6. The highest BCUT2D eigenvalue weighted by atomic mass is 16.1. The fraction of sp³-hybridized carbons (Fsp3) is 0.105. The first-order chi connectivity index (χ1) is 11.3. The van der Waals surface area contributed by atoms with Crippen LogP contribution in [0.3, 0.4) is 0 Å². The maximum atomic E-state index is 10.7. The number of carbonyl (C=O) groups is 1. The Balaban J connectivity index is 1.59. The van der Waals surface area contributed by atoms with Crippen molar-refractivity contribution in [2.24, 2.45) is 0 Å². The highest BCUT2D eigenvalue weighted by molar-refractivity contribution is 5.76. The minimum Gasteiger partial charge on any atom is -0.370 e. The molecule has 0 spiro atoms. The van der Waals surface area contributed by atoms with Gasteiger partial charge in [-0.3, -0.25) is 9.78 Å². The van der Waals surface area contributed by atoms with Crippen LogP contribution in [0, 0.1) is 0 Å². The first kappa shape index (κ1) is 14.9. The second kappa shape index (κ2) is 7.31. The Morgan fingerprint density at radius 3 is 2.30 bits per heavy atom. The summed E-state index contributed by atoms with van der Waals surface area (Å²) in [6.45, 7) is 0.824. The molecule has 0 amide bonds. The molecule has 0 bridgehead atoms. The molecule has 3 rings (SSSR count). The molecule has 2 aromatic heterocycles. The number of hydrogen-bond acceptors (Lipinski definition) is 4. The van der Waals surface area contributed by atoms with Gasteiger partial charge in [0.1, 0.15) is 12.1 Å². The van der Waals surface area contributed by atoms with Gasteiger partial charge in [0.05, 0.1) is 0 Å². The van der Waals surface area contributed by atoms with Gasteiger partial charge in [0, 0.05) is 36.3 Å². The molecule has 0 atom stereocenters. The number of hydrogen-bond donors (Lipinski definition) is 1. The Morgan fingerprint density at radius 1 is 0.913 bits per heavy atom. The largest absolute Gasteiger partial charge is 0.370 e. The molecule has 23 heavy (non-hydrogen) atoms. The Hall–Kier alpha value is -3.01. The zero-order valence-electron chi connectivity index (χ0n) is 12.6. The van der Waals surface area contributed by atoms with Gasteiger partial charge in [-0.1, -0.05) is 24.3 Å². The molecule has 4 heteroatoms. The normalized spacial score (nSPS) is 10.3. The van der Waals surface area contributed by atoms with Crippen molar-refractivity contribution in [1.29, 1.82) is 0 Å². The maximum absolute atomic E-state index is 10.7. The minimum atomic E-state index is 0.677. The summed E-state index contributed by atoms with van der Waals surface area (Å²) in [5, 5.41) is 3.31. The number of aldehydes is 1. The van der Waals surface area contributed by atoms with Crippen molar-refractivity contribution >= 4 is 12.1 Å². The standard InChI is InChI=1S/C19H17N3O/c23-14-16-1-3-17(4-2-16)18-5-6-19(22-13-18)21-12-9-15-7-10-20-11-8-15/h1-8,10-11,13-14H,9,12H2,(H,21,22). The molecular formula is C19H17N3O. The van der Waals surface area contributed by atoms with Crippen molar-refractivity contribution in [1.82, 2.24) is 9.97 Å². The summed E-state index contributed by atoms with van der Waals surface area (Å²) in [6.07, 6.45) is 7.22. The third-order valence-corrected chi connectivity index (χ3v) is 3.61. The topological polar surface area (TPSA) is 54.9 Å². The molecule has 0 aliphatic heterocycles. The number of anilines is 1. The number of nitrogens with one attached hydrogen (secondary N) is 1. The minimum absolute atomic E-state index is 0.677. The van der Waals surface area contributed by atoms with Crippen molar-refractivity contribution in [2.45, 2.75) is 6.42 Å². The van der Waals surface area contributed by atoms with E-state index in [4.69, 9.17) is 0 Å². The van der Waals surface area contributed by atoms with E-state index in [-0.39, 0.29) is 0 Å². The lowest BCUT2D eigenvalue weighted by Crippen LogP contribution is -2.06. The lowest BCUT2D eigenvalue weighted by molar-refractivity contribution is 0.112. The first-order valence-corrected chi connectivity index (χ1v) is 7.49. The average Bonchev–Trinajstić information content (AvgIpc) is 2.63. The monoisotopic (exact) mass is 303 g/mol. The van der Waals surface area contributed by atoms with Crippen LogP contribution >= 0.6 is 0 Å². The van der Waals surface area contributed by atoms with Gasteiger partial charge in [-0.05, 0) is 41.8 Å². The van der Waals surface area contributed by atoms with E-state index in [1.165, 1.54) is 5.56 Å². The van der Waals surface area contributed by atoms with Crippen molar-refractivity contribution in [3.8, 4) is 11.1 Å². The van der Waals surface area contributed by atoms with E-state index < -0.39 is 0 Å². The van der Waals surface area contributed by atoms with Crippen LogP contribution < -0.4 is 5.32 Å². The predicted octanol–water partition coefficient (Wildman–Crippen LogP) is 3.61. The fourth-order valence-electron chi connectivity index (χ4n) is 2.31. The highest BCUT2D eigenvalue weighted by Crippen LogP contribution is 2.19. The lowest BCUT2D eigenvalue weighted by atomic mass is 10.1. The molecular weight excluding hydrogens is 286 g/mol. The van der Waals surface area contributed by atoms with Gasteiger partial charge >= 0.3 is 0 Å². The Bertz CT molecular complexity index is 753. The van der Waals surface area contributed by atoms with Crippen LogP contribution in [0.2, 0.25) is 0 Å². The molecule has 0 aliphatic rings. The number of carbonyl (C=O) groups excluding carboxylic acids is 1. The molecule has 2 heterocycles. The van der Waals surface area contributed by atoms with Crippen LogP contribution in [0.25, 0.3) is 11.1 Å². The average molecular weight is 303 g/mol. The molecule has 0 unspecified atom stereocenters. The molecule has 4 nitrogen and oxygen atoms in total. The van der Waals surface area contributed by atoms with Crippen LogP contribution in [0.5, 0.6) is 0 Å². The van der Waals surface area contributed by atoms with Gasteiger partial charge in [0.2, 0.25) is 0 Å². The summed E-state index contributed by atoms with van der Waals surface area (Å²) in [7, 11) is 0. The zero-order chi connectivity index (χ0) is 15.9. The lowest BCUT2D eigenvalue weighted by Gasteiger charge is -2.07. The predicted molar refractivity (Wildman–Crippen MR) is 91.5 cm³/mol. The summed E-state index contributed by atoms with van der Waals surface area (Å²) in [5.74, 6) is 0.854. The van der Waals surface area contributed by atoms with Crippen molar-refractivity contribution < 1.29 is 4.79 Å². The molecule has 0 aliphatic carbocycles. The first-order valence-electron chi connectivity index (χ1n) is 7.49. The van der Waals surface area contributed by atoms with Gasteiger partial charge < -0.3 is 5.32 Å². The summed E-state index contributed by atoms with van der Waals surface area (Å²) in [5.41, 5.74) is 4.00. The molecule has 1 N–H and O–H groups in total. The van der Waals surface area contributed by atoms with Crippen LogP contribution in [0.1, 0.15) is 15.9 Å². The van der Waals surface area contributed by atoms with Gasteiger partial charge in [-0.2, -0.15) is 0 Å². The van der Waals surface area contributed by atoms with Crippen LogP contribution in [0.15, 0.2) is 67.1 Å². The molecule has 3 aromatic rings. The van der Waals surface area contributed by atoms with Crippen LogP contribution in [-0.4, -0.2) is 22.8 Å². The Kier molecular flexibility index (Phi) is 4.74. The van der Waals surface area contributed by atoms with E-state index in [2.05, 4.69) is 15.3 Å². The summed E-state index contributed by atoms with van der Waals surface area (Å²) in [6, 6.07) is 15.5. The molecule has 0 saturated heterocycles. The van der Waals surface area contributed by atoms with Gasteiger partial charge in [0.15, 0.2) is 0 Å². The highest BCUT2D eigenvalue weighted by Gasteiger charge is 2.00. The molecule has 0 radical (unpaired) electrons. The molecule has 114 valence electrons. The van der Waals surface area contributed by atoms with Gasteiger partial charge in [-0.25, -0.2) is 4.98 Å². The van der Waals surface area contributed by atoms with E-state index in [1.807, 2.05) is 54.7 Å². The SMILES string of the molecule is O=Cc1ccc(-c2ccc(NCCc3ccncc3)nc2)cc1. The summed E-state index contributed by atoms with van der Waals surface area (Å²) < 4.78 is 0. The van der Waals surface area contributed by atoms with E-state index in [1.54, 1.807) is 12.4 Å². The van der Waals surface area contributed by atoms with Crippen molar-refractivity contribution in [3.63, 3.8) is 0 Å². The maximum Gasteiger partial charge on any atom is 0.150 e. The number of benzene rings is 1. The smallest absolute Gasteiger partial charge is 0.150 e. The molecule has 1 aromatic carbocycles. The summed E-state index contributed by atoms with van der Waals surface area (Å²) in [4.78, 5) is 19.1. The number of aromatic nitrogens is 2. The Morgan fingerprint density at radius 2 is 1.65 bits per heavy atom. The van der Waals surface area contributed by atoms with E-state index in [0.29, 0.717) is 5.56 Å². The van der Waals surface area contributed by atoms with Gasteiger partial charge in [0.25, 0.3) is 0 Å². The fourth-order valence-corrected chi connectivity index (χ4v) is 2.31. The van der Waals surface area contributed by atoms with Crippen LogP contribution in [0.4, 0.5) is 5.82 Å². The molecule has 0 fully saturated rings. The quantitative estimate of drug-likeness (QED) is 0.707. The second-order valence-electron chi connectivity index (χ2n) is 5.20. The Labute approximate surface area is 135 Å². The van der Waals surface area contributed by atoms with Crippen molar-refractivity contribution in [3.05, 3.63) is 78.2 Å². The summed E-state index contributed by atoms with van der Waals surface area (Å²) >= 11 is 0. The molecule has 0 saturated carbocycles. The second-order valence-corrected chi connectivity index (χ2v) is 5.20. The van der Waals surface area contributed by atoms with E-state index in [0.717, 1.165) is 36.2 Å². The zero-order valence-corrected chi connectivity index (χ0v) is 12.6. The van der Waals surface area contributed by atoms with Gasteiger partial charge in [-0.15, -0.1) is 0 Å². The van der Waals surface area contributed by atoms with E-state index in [9.17, 15) is 4.79 Å². The van der Waals surface area contributed by atoms with E-state index >= 15 is 0 Å². The third kappa shape index (κ3) is 4.01. The van der Waals surface area contributed by atoms with Crippen LogP contribution in [-0.2, 0) is 6.42 Å². The third-order valence-electron chi connectivity index (χ3n) is 3.61. The van der Waals surface area contributed by atoms with Crippen molar-refractivity contribution in [2.75, 3.05) is 11.9 Å².